The number of carboxylic acids is 1. The highest BCUT2D eigenvalue weighted by Crippen LogP contribution is 2.32. The van der Waals surface area contributed by atoms with E-state index in [1.807, 2.05) is 17.8 Å². The lowest BCUT2D eigenvalue weighted by atomic mass is 10.2. The van der Waals surface area contributed by atoms with Crippen LogP contribution in [0.15, 0.2) is 12.4 Å². The van der Waals surface area contributed by atoms with Crippen molar-refractivity contribution in [3.05, 3.63) is 18.2 Å². The number of nitrogens with one attached hydrogen (secondary N) is 1. The topological polar surface area (TPSA) is 67.2 Å². The third-order valence-electron chi connectivity index (χ3n) is 2.99. The number of hydrogen-bond donors (Lipinski definition) is 2. The zero-order chi connectivity index (χ0) is 11.5. The molecule has 0 aromatic carbocycles. The summed E-state index contributed by atoms with van der Waals surface area (Å²) < 4.78 is 1.95. The van der Waals surface area contributed by atoms with Crippen molar-refractivity contribution in [2.45, 2.75) is 25.3 Å². The van der Waals surface area contributed by atoms with Crippen molar-refractivity contribution in [2.24, 2.45) is 13.0 Å². The standard InChI is InChI=1S/C11H17N3O2/c1-14-7-6-12-9(14)4-5-13-10(11(15)16)8-2-3-8/h6-8,10,13H,2-5H2,1H3,(H,15,16). The predicted molar refractivity (Wildman–Crippen MR) is 59.1 cm³/mol. The summed E-state index contributed by atoms with van der Waals surface area (Å²) in [4.78, 5) is 15.2. The molecule has 1 atom stereocenters. The zero-order valence-electron chi connectivity index (χ0n) is 9.39. The smallest absolute Gasteiger partial charge is 0.320 e. The first-order valence-electron chi connectivity index (χ1n) is 5.61. The Morgan fingerprint density at radius 1 is 1.75 bits per heavy atom. The number of aryl methyl sites for hydroxylation is 1. The molecule has 1 aromatic heterocycles. The van der Waals surface area contributed by atoms with Crippen molar-refractivity contribution in [1.29, 1.82) is 0 Å². The second kappa shape index (κ2) is 4.65. The molecular formula is C11H17N3O2. The van der Waals surface area contributed by atoms with Crippen LogP contribution in [0.2, 0.25) is 0 Å². The van der Waals surface area contributed by atoms with Crippen LogP contribution in [0.4, 0.5) is 0 Å². The number of aliphatic carboxylic acids is 1. The third kappa shape index (κ3) is 2.61. The molecule has 0 amide bonds. The number of aromatic nitrogens is 2. The van der Waals surface area contributed by atoms with Crippen LogP contribution in [0.1, 0.15) is 18.7 Å². The summed E-state index contributed by atoms with van der Waals surface area (Å²) in [5.74, 6) is 0.577. The average Bonchev–Trinajstić information content (AvgIpc) is 2.98. The fraction of sp³-hybridized carbons (Fsp3) is 0.636. The van der Waals surface area contributed by atoms with E-state index in [1.54, 1.807) is 6.20 Å². The molecule has 1 fully saturated rings. The molecule has 1 aliphatic rings. The zero-order valence-corrected chi connectivity index (χ0v) is 9.39. The number of nitrogens with zero attached hydrogens (tertiary/aromatic N) is 2. The maximum Gasteiger partial charge on any atom is 0.320 e. The van der Waals surface area contributed by atoms with Gasteiger partial charge in [-0.15, -0.1) is 0 Å². The van der Waals surface area contributed by atoms with Gasteiger partial charge in [-0.3, -0.25) is 4.79 Å². The van der Waals surface area contributed by atoms with Gasteiger partial charge < -0.3 is 15.0 Å². The van der Waals surface area contributed by atoms with Crippen molar-refractivity contribution >= 4 is 5.97 Å². The molecule has 1 unspecified atom stereocenters. The van der Waals surface area contributed by atoms with Gasteiger partial charge in [0, 0.05) is 32.4 Å². The lowest BCUT2D eigenvalue weighted by Gasteiger charge is -2.13. The lowest BCUT2D eigenvalue weighted by Crippen LogP contribution is -2.39. The van der Waals surface area contributed by atoms with E-state index in [0.29, 0.717) is 12.5 Å². The van der Waals surface area contributed by atoms with Gasteiger partial charge in [0.25, 0.3) is 0 Å². The Hall–Kier alpha value is -1.36. The first-order chi connectivity index (χ1) is 7.68. The maximum absolute atomic E-state index is 11.0. The van der Waals surface area contributed by atoms with Crippen molar-refractivity contribution < 1.29 is 9.90 Å². The predicted octanol–water partition coefficient (Wildman–Crippen LogP) is 0.415. The summed E-state index contributed by atoms with van der Waals surface area (Å²) in [7, 11) is 1.94. The van der Waals surface area contributed by atoms with Gasteiger partial charge in [0.2, 0.25) is 0 Å². The van der Waals surface area contributed by atoms with E-state index in [0.717, 1.165) is 25.1 Å². The summed E-state index contributed by atoms with van der Waals surface area (Å²) in [5, 5.41) is 12.1. The van der Waals surface area contributed by atoms with Gasteiger partial charge in [-0.2, -0.15) is 0 Å². The molecule has 0 saturated heterocycles. The Kier molecular flexibility index (Phi) is 3.24. The van der Waals surface area contributed by atoms with E-state index >= 15 is 0 Å². The molecule has 88 valence electrons. The van der Waals surface area contributed by atoms with Crippen LogP contribution < -0.4 is 5.32 Å². The Morgan fingerprint density at radius 3 is 3.00 bits per heavy atom. The van der Waals surface area contributed by atoms with E-state index in [4.69, 9.17) is 5.11 Å². The van der Waals surface area contributed by atoms with Gasteiger partial charge in [-0.25, -0.2) is 4.98 Å². The molecule has 2 rings (SSSR count). The molecule has 2 N–H and O–H groups in total. The minimum atomic E-state index is -0.734. The number of rotatable bonds is 6. The Labute approximate surface area is 94.5 Å². The number of carbonyl (C=O) groups is 1. The van der Waals surface area contributed by atoms with Crippen LogP contribution in [0.5, 0.6) is 0 Å². The van der Waals surface area contributed by atoms with Gasteiger partial charge in [-0.1, -0.05) is 0 Å². The molecule has 5 heteroatoms. The first kappa shape index (κ1) is 11.1. The minimum absolute atomic E-state index is 0.332. The summed E-state index contributed by atoms with van der Waals surface area (Å²) in [6.45, 7) is 0.665. The van der Waals surface area contributed by atoms with Crippen LogP contribution in [-0.2, 0) is 18.3 Å². The SMILES string of the molecule is Cn1ccnc1CCNC(C(=O)O)C1CC1. The van der Waals surface area contributed by atoms with Crippen molar-refractivity contribution in [2.75, 3.05) is 6.54 Å². The van der Waals surface area contributed by atoms with Crippen LogP contribution in [0, 0.1) is 5.92 Å². The molecule has 0 aliphatic heterocycles. The van der Waals surface area contributed by atoms with Gasteiger partial charge >= 0.3 is 5.97 Å². The highest BCUT2D eigenvalue weighted by Gasteiger charge is 2.35. The molecule has 5 nitrogen and oxygen atoms in total. The highest BCUT2D eigenvalue weighted by molar-refractivity contribution is 5.74. The van der Waals surface area contributed by atoms with E-state index < -0.39 is 5.97 Å². The fourth-order valence-corrected chi connectivity index (χ4v) is 1.86. The van der Waals surface area contributed by atoms with Crippen molar-refractivity contribution in [1.82, 2.24) is 14.9 Å². The maximum atomic E-state index is 11.0. The lowest BCUT2D eigenvalue weighted by molar-refractivity contribution is -0.140. The molecule has 1 heterocycles. The number of carboxylic acid groups (broad SMARTS) is 1. The molecule has 1 aliphatic carbocycles. The monoisotopic (exact) mass is 223 g/mol. The third-order valence-corrected chi connectivity index (χ3v) is 2.99. The van der Waals surface area contributed by atoms with E-state index in [-0.39, 0.29) is 6.04 Å². The Balaban J connectivity index is 1.78. The summed E-state index contributed by atoms with van der Waals surface area (Å²) in [5.41, 5.74) is 0. The molecule has 16 heavy (non-hydrogen) atoms. The molecular weight excluding hydrogens is 206 g/mol. The molecule has 1 saturated carbocycles. The summed E-state index contributed by atoms with van der Waals surface area (Å²) in [6.07, 6.45) is 6.48. The van der Waals surface area contributed by atoms with Gasteiger partial charge in [0.05, 0.1) is 0 Å². The average molecular weight is 223 g/mol. The summed E-state index contributed by atoms with van der Waals surface area (Å²) >= 11 is 0. The van der Waals surface area contributed by atoms with Crippen LogP contribution >= 0.6 is 0 Å². The largest absolute Gasteiger partial charge is 0.480 e. The second-order valence-corrected chi connectivity index (χ2v) is 4.31. The quantitative estimate of drug-likeness (QED) is 0.733. The number of imidazole rings is 1. The van der Waals surface area contributed by atoms with E-state index in [1.165, 1.54) is 0 Å². The normalized spacial score (nSPS) is 17.3. The van der Waals surface area contributed by atoms with Crippen LogP contribution in [0.25, 0.3) is 0 Å². The first-order valence-corrected chi connectivity index (χ1v) is 5.61. The molecule has 0 spiro atoms. The minimum Gasteiger partial charge on any atom is -0.480 e. The highest BCUT2D eigenvalue weighted by atomic mass is 16.4. The Bertz CT molecular complexity index is 371. The fourth-order valence-electron chi connectivity index (χ4n) is 1.86. The van der Waals surface area contributed by atoms with Gasteiger partial charge in [0.1, 0.15) is 11.9 Å². The molecule has 0 bridgehead atoms. The second-order valence-electron chi connectivity index (χ2n) is 4.31. The van der Waals surface area contributed by atoms with E-state index in [9.17, 15) is 4.79 Å². The van der Waals surface area contributed by atoms with Crippen LogP contribution in [-0.4, -0.2) is 33.2 Å². The Morgan fingerprint density at radius 2 is 2.50 bits per heavy atom. The summed E-state index contributed by atoms with van der Waals surface area (Å²) in [6, 6.07) is -0.375. The number of hydrogen-bond acceptors (Lipinski definition) is 3. The van der Waals surface area contributed by atoms with Crippen molar-refractivity contribution in [3.8, 4) is 0 Å². The molecule has 0 radical (unpaired) electrons. The van der Waals surface area contributed by atoms with Crippen LogP contribution in [0.3, 0.4) is 0 Å². The van der Waals surface area contributed by atoms with Gasteiger partial charge in [0.15, 0.2) is 0 Å². The molecule has 1 aromatic rings. The van der Waals surface area contributed by atoms with Gasteiger partial charge in [-0.05, 0) is 18.8 Å². The van der Waals surface area contributed by atoms with E-state index in [2.05, 4.69) is 10.3 Å². The van der Waals surface area contributed by atoms with Crippen molar-refractivity contribution in [3.63, 3.8) is 0 Å².